The Balaban J connectivity index is 2.76. The molecule has 1 rings (SSSR count). The molecule has 0 amide bonds. The van der Waals surface area contributed by atoms with Crippen molar-refractivity contribution in [1.29, 1.82) is 0 Å². The van der Waals surface area contributed by atoms with Gasteiger partial charge in [-0.15, -0.1) is 0 Å². The van der Waals surface area contributed by atoms with Crippen molar-refractivity contribution >= 4 is 0 Å². The van der Waals surface area contributed by atoms with Crippen molar-refractivity contribution in [2.75, 3.05) is 6.54 Å². The van der Waals surface area contributed by atoms with Crippen LogP contribution >= 0.6 is 0 Å². The van der Waals surface area contributed by atoms with E-state index >= 15 is 0 Å². The average molecular weight is 237 g/mol. The Hall–Kier alpha value is -0.250. The molecule has 1 fully saturated rings. The topological polar surface area (TPSA) is 12.0 Å². The molecule has 0 saturated heterocycles. The van der Waals surface area contributed by atoms with Crippen LogP contribution in [0.25, 0.3) is 0 Å². The van der Waals surface area contributed by atoms with Gasteiger partial charge in [-0.25, -0.2) is 0 Å². The predicted octanol–water partition coefficient (Wildman–Crippen LogP) is 3.89. The summed E-state index contributed by atoms with van der Waals surface area (Å²) in [4.78, 5) is 0. The van der Waals surface area contributed by atoms with E-state index in [0.717, 1.165) is 25.7 Å². The number of rotatable bonds is 4. The lowest BCUT2D eigenvalue weighted by Gasteiger charge is -2.42. The highest BCUT2D eigenvalue weighted by Gasteiger charge is 2.55. The Morgan fingerprint density at radius 1 is 1.12 bits per heavy atom. The summed E-state index contributed by atoms with van der Waals surface area (Å²) in [6.45, 7) is 3.66. The summed E-state index contributed by atoms with van der Waals surface area (Å²) in [5, 5.41) is 2.73. The standard InChI is InChI=1S/C12H22F3N/c1-3-9-16-11(2,12(13,14)15)10-7-5-4-6-8-10/h10,16H,3-9H2,1-2H3. The molecule has 96 valence electrons. The molecule has 1 nitrogen and oxygen atoms in total. The molecule has 1 atom stereocenters. The van der Waals surface area contributed by atoms with Crippen molar-refractivity contribution < 1.29 is 13.2 Å². The molecule has 0 bridgehead atoms. The Morgan fingerprint density at radius 3 is 2.12 bits per heavy atom. The van der Waals surface area contributed by atoms with Crippen LogP contribution < -0.4 is 5.32 Å². The lowest BCUT2D eigenvalue weighted by atomic mass is 9.75. The average Bonchev–Trinajstić information content (AvgIpc) is 2.25. The third kappa shape index (κ3) is 2.90. The van der Waals surface area contributed by atoms with Gasteiger partial charge in [-0.3, -0.25) is 0 Å². The van der Waals surface area contributed by atoms with Crippen molar-refractivity contribution in [3.8, 4) is 0 Å². The van der Waals surface area contributed by atoms with Crippen molar-refractivity contribution in [3.63, 3.8) is 0 Å². The maximum absolute atomic E-state index is 13.1. The Bertz CT molecular complexity index is 209. The normalized spacial score (nSPS) is 23.1. The second kappa shape index (κ2) is 5.39. The van der Waals surface area contributed by atoms with E-state index < -0.39 is 11.7 Å². The molecule has 0 aliphatic heterocycles. The molecular weight excluding hydrogens is 215 g/mol. The van der Waals surface area contributed by atoms with Gasteiger partial charge in [0.1, 0.15) is 5.54 Å². The number of alkyl halides is 3. The Morgan fingerprint density at radius 2 is 1.69 bits per heavy atom. The quantitative estimate of drug-likeness (QED) is 0.782. The van der Waals surface area contributed by atoms with E-state index in [9.17, 15) is 13.2 Å². The predicted molar refractivity (Wildman–Crippen MR) is 59.3 cm³/mol. The van der Waals surface area contributed by atoms with Crippen molar-refractivity contribution in [2.45, 2.75) is 64.1 Å². The molecule has 0 radical (unpaired) electrons. The van der Waals surface area contributed by atoms with E-state index in [2.05, 4.69) is 5.32 Å². The summed E-state index contributed by atoms with van der Waals surface area (Å²) in [5.41, 5.74) is -1.69. The molecule has 1 N–H and O–H groups in total. The van der Waals surface area contributed by atoms with Crippen LogP contribution in [0.2, 0.25) is 0 Å². The summed E-state index contributed by atoms with van der Waals surface area (Å²) in [7, 11) is 0. The molecule has 0 aromatic rings. The fourth-order valence-corrected chi connectivity index (χ4v) is 2.54. The maximum atomic E-state index is 13.1. The molecule has 1 saturated carbocycles. The van der Waals surface area contributed by atoms with Crippen molar-refractivity contribution in [1.82, 2.24) is 5.32 Å². The highest BCUT2D eigenvalue weighted by Crippen LogP contribution is 2.42. The van der Waals surface area contributed by atoms with Gasteiger partial charge in [-0.1, -0.05) is 26.2 Å². The van der Waals surface area contributed by atoms with Gasteiger partial charge in [0.05, 0.1) is 0 Å². The van der Waals surface area contributed by atoms with Gasteiger partial charge in [0.2, 0.25) is 0 Å². The largest absolute Gasteiger partial charge is 0.406 e. The third-order valence-electron chi connectivity index (χ3n) is 3.75. The van der Waals surface area contributed by atoms with Crippen LogP contribution in [0.1, 0.15) is 52.4 Å². The monoisotopic (exact) mass is 237 g/mol. The van der Waals surface area contributed by atoms with Crippen LogP contribution in [0.15, 0.2) is 0 Å². The molecule has 4 heteroatoms. The van der Waals surface area contributed by atoms with E-state index in [1.54, 1.807) is 0 Å². The molecular formula is C12H22F3N. The minimum Gasteiger partial charge on any atom is -0.304 e. The zero-order valence-corrected chi connectivity index (χ0v) is 10.2. The minimum absolute atomic E-state index is 0.257. The molecule has 0 spiro atoms. The van der Waals surface area contributed by atoms with Gasteiger partial charge in [0.15, 0.2) is 0 Å². The minimum atomic E-state index is -4.15. The van der Waals surface area contributed by atoms with Gasteiger partial charge >= 0.3 is 6.18 Å². The van der Waals surface area contributed by atoms with Crippen LogP contribution in [0.5, 0.6) is 0 Å². The van der Waals surface area contributed by atoms with E-state index in [1.165, 1.54) is 6.92 Å². The van der Waals surface area contributed by atoms with Crippen LogP contribution in [0.4, 0.5) is 13.2 Å². The van der Waals surface area contributed by atoms with Gasteiger partial charge in [-0.05, 0) is 38.6 Å². The van der Waals surface area contributed by atoms with Crippen LogP contribution in [-0.2, 0) is 0 Å². The summed E-state index contributed by atoms with van der Waals surface area (Å²) >= 11 is 0. The van der Waals surface area contributed by atoms with Crippen molar-refractivity contribution in [3.05, 3.63) is 0 Å². The molecule has 0 heterocycles. The van der Waals surface area contributed by atoms with Gasteiger partial charge in [0.25, 0.3) is 0 Å². The molecule has 1 aliphatic carbocycles. The first kappa shape index (κ1) is 13.8. The van der Waals surface area contributed by atoms with E-state index in [4.69, 9.17) is 0 Å². The van der Waals surface area contributed by atoms with Gasteiger partial charge in [-0.2, -0.15) is 13.2 Å². The number of halogens is 3. The third-order valence-corrected chi connectivity index (χ3v) is 3.75. The second-order valence-corrected chi connectivity index (χ2v) is 4.96. The number of hydrogen-bond donors (Lipinski definition) is 1. The van der Waals surface area contributed by atoms with Crippen molar-refractivity contribution in [2.24, 2.45) is 5.92 Å². The first-order chi connectivity index (χ1) is 7.42. The van der Waals surface area contributed by atoms with E-state index in [-0.39, 0.29) is 5.92 Å². The summed E-state index contributed by atoms with van der Waals surface area (Å²) in [6.07, 6.45) is 0.939. The molecule has 0 aromatic heterocycles. The SMILES string of the molecule is CCCNC(C)(C1CCCCC1)C(F)(F)F. The molecule has 0 aromatic carbocycles. The van der Waals surface area contributed by atoms with E-state index in [0.29, 0.717) is 19.4 Å². The van der Waals surface area contributed by atoms with E-state index in [1.807, 2.05) is 6.92 Å². The number of hydrogen-bond acceptors (Lipinski definition) is 1. The Kier molecular flexibility index (Phi) is 4.65. The number of nitrogens with one attached hydrogen (secondary N) is 1. The van der Waals surface area contributed by atoms with Crippen LogP contribution in [0.3, 0.4) is 0 Å². The molecule has 1 unspecified atom stereocenters. The first-order valence-electron chi connectivity index (χ1n) is 6.23. The lowest BCUT2D eigenvalue weighted by molar-refractivity contribution is -0.210. The highest BCUT2D eigenvalue weighted by atomic mass is 19.4. The maximum Gasteiger partial charge on any atom is 0.406 e. The summed E-state index contributed by atoms with van der Waals surface area (Å²) < 4.78 is 39.4. The first-order valence-corrected chi connectivity index (χ1v) is 6.23. The lowest BCUT2D eigenvalue weighted by Crippen LogP contribution is -2.60. The molecule has 16 heavy (non-hydrogen) atoms. The van der Waals surface area contributed by atoms with Crippen LogP contribution in [-0.4, -0.2) is 18.3 Å². The Labute approximate surface area is 95.8 Å². The van der Waals surface area contributed by atoms with Gasteiger partial charge < -0.3 is 5.32 Å². The fourth-order valence-electron chi connectivity index (χ4n) is 2.54. The smallest absolute Gasteiger partial charge is 0.304 e. The zero-order chi connectivity index (χ0) is 12.2. The molecule has 1 aliphatic rings. The van der Waals surface area contributed by atoms with Gasteiger partial charge in [0, 0.05) is 0 Å². The summed E-state index contributed by atoms with van der Waals surface area (Å²) in [5.74, 6) is -0.257. The fraction of sp³-hybridized carbons (Fsp3) is 1.00. The zero-order valence-electron chi connectivity index (χ0n) is 10.2. The summed E-state index contributed by atoms with van der Waals surface area (Å²) in [6, 6.07) is 0. The highest BCUT2D eigenvalue weighted by molar-refractivity contribution is 4.97. The second-order valence-electron chi connectivity index (χ2n) is 4.96. The van der Waals surface area contributed by atoms with Crippen LogP contribution in [0, 0.1) is 5.92 Å².